The predicted molar refractivity (Wildman–Crippen MR) is 97.1 cm³/mol. The number of piperazine rings is 1. The molecule has 2 heterocycles. The third kappa shape index (κ3) is 12.6. The molecular formula is C17H33N3O6. The third-order valence-corrected chi connectivity index (χ3v) is 3.77. The summed E-state index contributed by atoms with van der Waals surface area (Å²) in [5.74, 6) is -1.42. The lowest BCUT2D eigenvalue weighted by Gasteiger charge is -2.36. The van der Waals surface area contributed by atoms with Gasteiger partial charge in [0.15, 0.2) is 0 Å². The highest BCUT2D eigenvalue weighted by molar-refractivity contribution is 5.76. The molecular weight excluding hydrogens is 342 g/mol. The SMILES string of the molecule is CC(=O)O.CC(=O)O.CC(C)N1CCOC(CC(=O)N2CCNCC2)C1. The number of morpholine rings is 1. The van der Waals surface area contributed by atoms with Gasteiger partial charge in [0.1, 0.15) is 0 Å². The van der Waals surface area contributed by atoms with E-state index < -0.39 is 11.9 Å². The summed E-state index contributed by atoms with van der Waals surface area (Å²) in [5, 5.41) is 18.1. The summed E-state index contributed by atoms with van der Waals surface area (Å²) in [5.41, 5.74) is 0. The number of carboxylic acid groups (broad SMARTS) is 2. The molecule has 2 rings (SSSR count). The van der Waals surface area contributed by atoms with Gasteiger partial charge >= 0.3 is 0 Å². The maximum absolute atomic E-state index is 12.1. The van der Waals surface area contributed by atoms with Crippen LogP contribution in [0.15, 0.2) is 0 Å². The van der Waals surface area contributed by atoms with E-state index in [0.717, 1.165) is 59.7 Å². The largest absolute Gasteiger partial charge is 0.481 e. The van der Waals surface area contributed by atoms with Crippen molar-refractivity contribution < 1.29 is 29.3 Å². The van der Waals surface area contributed by atoms with Gasteiger partial charge in [-0.1, -0.05) is 0 Å². The Bertz CT molecular complexity index is 418. The number of amides is 1. The molecule has 2 aliphatic rings. The van der Waals surface area contributed by atoms with E-state index in [4.69, 9.17) is 24.5 Å². The molecule has 1 amide bonds. The van der Waals surface area contributed by atoms with Crippen LogP contribution in [0.3, 0.4) is 0 Å². The molecule has 26 heavy (non-hydrogen) atoms. The second kappa shape index (κ2) is 13.5. The maximum atomic E-state index is 12.1. The van der Waals surface area contributed by atoms with E-state index in [9.17, 15) is 4.79 Å². The molecule has 9 heteroatoms. The fourth-order valence-corrected chi connectivity index (χ4v) is 2.57. The van der Waals surface area contributed by atoms with Crippen LogP contribution in [0.25, 0.3) is 0 Å². The molecule has 0 aromatic rings. The number of carbonyl (C=O) groups excluding carboxylic acids is 1. The summed E-state index contributed by atoms with van der Waals surface area (Å²) in [4.78, 5) is 34.5. The molecule has 2 saturated heterocycles. The number of aliphatic carboxylic acids is 2. The van der Waals surface area contributed by atoms with Crippen molar-refractivity contribution in [3.05, 3.63) is 0 Å². The van der Waals surface area contributed by atoms with Crippen LogP contribution in [-0.4, -0.2) is 95.9 Å². The Morgan fingerprint density at radius 1 is 1.08 bits per heavy atom. The van der Waals surface area contributed by atoms with E-state index in [2.05, 4.69) is 24.1 Å². The lowest BCUT2D eigenvalue weighted by atomic mass is 10.1. The van der Waals surface area contributed by atoms with Gasteiger partial charge in [-0.2, -0.15) is 0 Å². The standard InChI is InChI=1S/C13H25N3O2.2C2H4O2/c1-11(2)16-7-8-18-12(10-16)9-13(17)15-5-3-14-4-6-15;2*1-2(3)4/h11-12,14H,3-10H2,1-2H3;2*1H3,(H,3,4). The van der Waals surface area contributed by atoms with Crippen molar-refractivity contribution in [2.45, 2.75) is 46.3 Å². The Hall–Kier alpha value is -1.71. The summed E-state index contributed by atoms with van der Waals surface area (Å²) < 4.78 is 5.72. The van der Waals surface area contributed by atoms with E-state index in [-0.39, 0.29) is 12.0 Å². The molecule has 0 saturated carbocycles. The van der Waals surface area contributed by atoms with Crippen molar-refractivity contribution in [3.63, 3.8) is 0 Å². The van der Waals surface area contributed by atoms with Gasteiger partial charge in [0.25, 0.3) is 11.9 Å². The van der Waals surface area contributed by atoms with Crippen molar-refractivity contribution in [1.82, 2.24) is 15.1 Å². The van der Waals surface area contributed by atoms with E-state index in [1.54, 1.807) is 0 Å². The van der Waals surface area contributed by atoms with E-state index in [1.165, 1.54) is 0 Å². The first-order chi connectivity index (χ1) is 12.1. The number of hydrogen-bond acceptors (Lipinski definition) is 6. The van der Waals surface area contributed by atoms with E-state index >= 15 is 0 Å². The molecule has 0 aromatic heterocycles. The fraction of sp³-hybridized carbons (Fsp3) is 0.824. The van der Waals surface area contributed by atoms with Gasteiger partial charge in [0.2, 0.25) is 5.91 Å². The minimum atomic E-state index is -0.833. The monoisotopic (exact) mass is 375 g/mol. The number of nitrogens with one attached hydrogen (secondary N) is 1. The van der Waals surface area contributed by atoms with Gasteiger partial charge in [0, 0.05) is 59.2 Å². The topological polar surface area (TPSA) is 119 Å². The quantitative estimate of drug-likeness (QED) is 0.635. The number of carbonyl (C=O) groups is 3. The van der Waals surface area contributed by atoms with Gasteiger partial charge < -0.3 is 25.2 Å². The molecule has 2 fully saturated rings. The number of ether oxygens (including phenoxy) is 1. The van der Waals surface area contributed by atoms with Crippen molar-refractivity contribution >= 4 is 17.8 Å². The molecule has 0 spiro atoms. The average Bonchev–Trinajstić information content (AvgIpc) is 2.55. The van der Waals surface area contributed by atoms with Gasteiger partial charge in [-0.05, 0) is 13.8 Å². The molecule has 2 aliphatic heterocycles. The number of rotatable bonds is 3. The van der Waals surface area contributed by atoms with Crippen LogP contribution >= 0.6 is 0 Å². The minimum absolute atomic E-state index is 0.0727. The summed E-state index contributed by atoms with van der Waals surface area (Å²) in [6.45, 7) is 12.7. The predicted octanol–water partition coefficient (Wildman–Crippen LogP) is 0.0993. The highest BCUT2D eigenvalue weighted by Crippen LogP contribution is 2.13. The van der Waals surface area contributed by atoms with Gasteiger partial charge in [-0.15, -0.1) is 0 Å². The Morgan fingerprint density at radius 2 is 1.58 bits per heavy atom. The van der Waals surface area contributed by atoms with Crippen LogP contribution in [-0.2, 0) is 19.1 Å². The second-order valence-corrected chi connectivity index (χ2v) is 6.45. The molecule has 1 atom stereocenters. The zero-order valence-corrected chi connectivity index (χ0v) is 16.2. The molecule has 0 aliphatic carbocycles. The number of carboxylic acids is 2. The van der Waals surface area contributed by atoms with Crippen LogP contribution in [0.5, 0.6) is 0 Å². The van der Waals surface area contributed by atoms with Crippen molar-refractivity contribution in [2.75, 3.05) is 45.9 Å². The van der Waals surface area contributed by atoms with E-state index in [0.29, 0.717) is 12.5 Å². The first-order valence-corrected chi connectivity index (χ1v) is 8.86. The summed E-state index contributed by atoms with van der Waals surface area (Å²) >= 11 is 0. The highest BCUT2D eigenvalue weighted by atomic mass is 16.5. The zero-order valence-electron chi connectivity index (χ0n) is 16.2. The number of nitrogens with zero attached hydrogens (tertiary/aromatic N) is 2. The molecule has 3 N–H and O–H groups in total. The Balaban J connectivity index is 0.000000662. The second-order valence-electron chi connectivity index (χ2n) is 6.45. The van der Waals surface area contributed by atoms with Crippen LogP contribution in [0.2, 0.25) is 0 Å². The highest BCUT2D eigenvalue weighted by Gasteiger charge is 2.26. The van der Waals surface area contributed by atoms with Crippen molar-refractivity contribution in [3.8, 4) is 0 Å². The fourth-order valence-electron chi connectivity index (χ4n) is 2.57. The van der Waals surface area contributed by atoms with Gasteiger partial charge in [-0.25, -0.2) is 0 Å². The van der Waals surface area contributed by atoms with Crippen LogP contribution in [0.1, 0.15) is 34.1 Å². The van der Waals surface area contributed by atoms with Crippen molar-refractivity contribution in [1.29, 1.82) is 0 Å². The molecule has 0 aromatic carbocycles. The summed E-state index contributed by atoms with van der Waals surface area (Å²) in [7, 11) is 0. The normalized spacial score (nSPS) is 20.3. The third-order valence-electron chi connectivity index (χ3n) is 3.77. The minimum Gasteiger partial charge on any atom is -0.481 e. The lowest BCUT2D eigenvalue weighted by molar-refractivity contribution is -0.137. The summed E-state index contributed by atoms with van der Waals surface area (Å²) in [6.07, 6.45) is 0.604. The van der Waals surface area contributed by atoms with Crippen LogP contribution < -0.4 is 5.32 Å². The first-order valence-electron chi connectivity index (χ1n) is 8.86. The molecule has 152 valence electrons. The lowest BCUT2D eigenvalue weighted by Crippen LogP contribution is -2.50. The maximum Gasteiger partial charge on any atom is 0.300 e. The van der Waals surface area contributed by atoms with Gasteiger partial charge in [-0.3, -0.25) is 19.3 Å². The Morgan fingerprint density at radius 3 is 2.04 bits per heavy atom. The molecule has 0 bridgehead atoms. The summed E-state index contributed by atoms with van der Waals surface area (Å²) in [6, 6.07) is 0.533. The van der Waals surface area contributed by atoms with Crippen LogP contribution in [0.4, 0.5) is 0 Å². The Kier molecular flexibility index (Phi) is 12.6. The smallest absolute Gasteiger partial charge is 0.300 e. The first kappa shape index (κ1) is 24.3. The van der Waals surface area contributed by atoms with Crippen LogP contribution in [0, 0.1) is 0 Å². The van der Waals surface area contributed by atoms with Crippen molar-refractivity contribution in [2.24, 2.45) is 0 Å². The average molecular weight is 375 g/mol. The Labute approximate surface area is 155 Å². The van der Waals surface area contributed by atoms with E-state index in [1.807, 2.05) is 4.90 Å². The molecule has 1 unspecified atom stereocenters. The molecule has 0 radical (unpaired) electrons. The van der Waals surface area contributed by atoms with Gasteiger partial charge in [0.05, 0.1) is 19.1 Å². The zero-order chi connectivity index (χ0) is 20.1. The number of hydrogen-bond donors (Lipinski definition) is 3. The molecule has 9 nitrogen and oxygen atoms in total.